The lowest BCUT2D eigenvalue weighted by Gasteiger charge is -2.29. The Kier molecular flexibility index (Phi) is 4.94. The smallest absolute Gasteiger partial charge is 0.00683 e. The van der Waals surface area contributed by atoms with Gasteiger partial charge in [0.2, 0.25) is 0 Å². The van der Waals surface area contributed by atoms with E-state index in [1.807, 2.05) is 0 Å². The maximum atomic E-state index is 3.69. The van der Waals surface area contributed by atoms with Crippen molar-refractivity contribution in [1.29, 1.82) is 0 Å². The molecule has 1 aliphatic rings. The molecular formula is C13H27N. The van der Waals surface area contributed by atoms with Crippen LogP contribution in [0.15, 0.2) is 0 Å². The molecule has 0 aromatic carbocycles. The van der Waals surface area contributed by atoms with E-state index >= 15 is 0 Å². The molecule has 1 atom stereocenters. The molecule has 1 N–H and O–H groups in total. The third kappa shape index (κ3) is 3.61. The minimum absolute atomic E-state index is 0.825. The minimum Gasteiger partial charge on any atom is -0.314 e. The van der Waals surface area contributed by atoms with Gasteiger partial charge in [-0.2, -0.15) is 0 Å². The molecule has 14 heavy (non-hydrogen) atoms. The normalized spacial score (nSPS) is 19.3. The van der Waals surface area contributed by atoms with Gasteiger partial charge in [-0.25, -0.2) is 0 Å². The average molecular weight is 197 g/mol. The molecule has 0 aromatic rings. The van der Waals surface area contributed by atoms with E-state index in [1.165, 1.54) is 32.2 Å². The van der Waals surface area contributed by atoms with Gasteiger partial charge in [0.15, 0.2) is 0 Å². The Morgan fingerprint density at radius 3 is 2.07 bits per heavy atom. The van der Waals surface area contributed by atoms with Crippen LogP contribution in [0.4, 0.5) is 0 Å². The Morgan fingerprint density at radius 1 is 1.14 bits per heavy atom. The monoisotopic (exact) mass is 197 g/mol. The summed E-state index contributed by atoms with van der Waals surface area (Å²) < 4.78 is 0. The van der Waals surface area contributed by atoms with Gasteiger partial charge >= 0.3 is 0 Å². The highest BCUT2D eigenvalue weighted by Gasteiger charge is 2.26. The predicted molar refractivity (Wildman–Crippen MR) is 63.4 cm³/mol. The number of nitrogens with one attached hydrogen (secondary N) is 1. The number of hydrogen-bond acceptors (Lipinski definition) is 1. The number of rotatable bonds is 7. The quantitative estimate of drug-likeness (QED) is 0.659. The van der Waals surface area contributed by atoms with Crippen molar-refractivity contribution in [3.63, 3.8) is 0 Å². The second-order valence-corrected chi connectivity index (χ2v) is 5.17. The summed E-state index contributed by atoms with van der Waals surface area (Å²) in [6.07, 6.45) is 5.50. The van der Waals surface area contributed by atoms with Crippen LogP contribution in [0.2, 0.25) is 0 Å². The van der Waals surface area contributed by atoms with Gasteiger partial charge < -0.3 is 5.32 Å². The summed E-state index contributed by atoms with van der Waals surface area (Å²) in [5.74, 6) is 2.62. The first-order chi connectivity index (χ1) is 6.69. The van der Waals surface area contributed by atoms with Gasteiger partial charge in [-0.05, 0) is 37.1 Å². The van der Waals surface area contributed by atoms with Crippen LogP contribution in [0.25, 0.3) is 0 Å². The molecule has 1 saturated carbocycles. The summed E-state index contributed by atoms with van der Waals surface area (Å²) in [5.41, 5.74) is 0. The Balaban J connectivity index is 2.34. The van der Waals surface area contributed by atoms with Crippen LogP contribution >= 0.6 is 0 Å². The molecule has 0 aliphatic heterocycles. The van der Waals surface area contributed by atoms with Crippen molar-refractivity contribution >= 4 is 0 Å². The van der Waals surface area contributed by atoms with Crippen molar-refractivity contribution in [3.05, 3.63) is 0 Å². The Labute approximate surface area is 89.7 Å². The van der Waals surface area contributed by atoms with E-state index in [9.17, 15) is 0 Å². The van der Waals surface area contributed by atoms with Gasteiger partial charge in [-0.15, -0.1) is 0 Å². The van der Waals surface area contributed by atoms with Crippen molar-refractivity contribution in [2.45, 2.75) is 59.4 Å². The van der Waals surface area contributed by atoms with Crippen LogP contribution in [0.1, 0.15) is 53.4 Å². The largest absolute Gasteiger partial charge is 0.314 e. The topological polar surface area (TPSA) is 12.0 Å². The van der Waals surface area contributed by atoms with Crippen LogP contribution in [-0.4, -0.2) is 12.6 Å². The van der Waals surface area contributed by atoms with Crippen molar-refractivity contribution < 1.29 is 0 Å². The van der Waals surface area contributed by atoms with E-state index in [0.717, 1.165) is 23.8 Å². The van der Waals surface area contributed by atoms with E-state index < -0.39 is 0 Å². The molecule has 0 saturated heterocycles. The van der Waals surface area contributed by atoms with Crippen LogP contribution in [-0.2, 0) is 0 Å². The molecule has 1 unspecified atom stereocenters. The lowest BCUT2D eigenvalue weighted by molar-refractivity contribution is 0.230. The van der Waals surface area contributed by atoms with Gasteiger partial charge in [-0.1, -0.05) is 40.5 Å². The zero-order valence-electron chi connectivity index (χ0n) is 10.3. The zero-order chi connectivity index (χ0) is 10.6. The second kappa shape index (κ2) is 5.75. The third-order valence-electron chi connectivity index (χ3n) is 3.73. The predicted octanol–water partition coefficient (Wildman–Crippen LogP) is 3.45. The Bertz CT molecular complexity index is 145. The van der Waals surface area contributed by atoms with Gasteiger partial charge in [0.1, 0.15) is 0 Å². The summed E-state index contributed by atoms with van der Waals surface area (Å²) in [6.45, 7) is 10.7. The highest BCUT2D eigenvalue weighted by atomic mass is 14.9. The summed E-state index contributed by atoms with van der Waals surface area (Å²) in [6, 6.07) is 0.866. The molecule has 0 spiro atoms. The maximum absolute atomic E-state index is 3.69. The second-order valence-electron chi connectivity index (χ2n) is 5.17. The zero-order valence-corrected chi connectivity index (χ0v) is 10.3. The molecular weight excluding hydrogens is 170 g/mol. The summed E-state index contributed by atoms with van der Waals surface area (Å²) >= 11 is 0. The first-order valence-corrected chi connectivity index (χ1v) is 6.42. The van der Waals surface area contributed by atoms with Gasteiger partial charge in [-0.3, -0.25) is 0 Å². The Hall–Kier alpha value is -0.0400. The standard InChI is InChI=1S/C13H27N/c1-5-11(6-2)13(10(3)4)9-14-12-7-8-12/h10-14H,5-9H2,1-4H3. The molecule has 0 aromatic heterocycles. The molecule has 1 rings (SSSR count). The van der Waals surface area contributed by atoms with Gasteiger partial charge in [0.25, 0.3) is 0 Å². The molecule has 0 amide bonds. The minimum atomic E-state index is 0.825. The molecule has 0 heterocycles. The van der Waals surface area contributed by atoms with E-state index in [1.54, 1.807) is 0 Å². The van der Waals surface area contributed by atoms with E-state index in [-0.39, 0.29) is 0 Å². The fourth-order valence-electron chi connectivity index (χ4n) is 2.43. The van der Waals surface area contributed by atoms with Crippen LogP contribution in [0, 0.1) is 17.8 Å². The van der Waals surface area contributed by atoms with Crippen molar-refractivity contribution in [3.8, 4) is 0 Å². The van der Waals surface area contributed by atoms with E-state index in [2.05, 4.69) is 33.0 Å². The van der Waals surface area contributed by atoms with Gasteiger partial charge in [0.05, 0.1) is 0 Å². The fraction of sp³-hybridized carbons (Fsp3) is 1.00. The van der Waals surface area contributed by atoms with Crippen molar-refractivity contribution in [2.75, 3.05) is 6.54 Å². The van der Waals surface area contributed by atoms with Crippen LogP contribution in [0.5, 0.6) is 0 Å². The Morgan fingerprint density at radius 2 is 1.71 bits per heavy atom. The molecule has 1 aliphatic carbocycles. The SMILES string of the molecule is CCC(CC)C(CNC1CC1)C(C)C. The van der Waals surface area contributed by atoms with Crippen molar-refractivity contribution in [1.82, 2.24) is 5.32 Å². The summed E-state index contributed by atoms with van der Waals surface area (Å²) in [4.78, 5) is 0. The van der Waals surface area contributed by atoms with Crippen LogP contribution in [0.3, 0.4) is 0 Å². The molecule has 0 bridgehead atoms. The molecule has 0 radical (unpaired) electrons. The molecule has 1 fully saturated rings. The molecule has 84 valence electrons. The highest BCUT2D eigenvalue weighted by Crippen LogP contribution is 2.27. The first kappa shape index (κ1) is 12.0. The van der Waals surface area contributed by atoms with Crippen LogP contribution < -0.4 is 5.32 Å². The van der Waals surface area contributed by atoms with Gasteiger partial charge in [0, 0.05) is 6.04 Å². The summed E-state index contributed by atoms with van der Waals surface area (Å²) in [5, 5.41) is 3.69. The van der Waals surface area contributed by atoms with E-state index in [4.69, 9.17) is 0 Å². The first-order valence-electron chi connectivity index (χ1n) is 6.42. The fourth-order valence-corrected chi connectivity index (χ4v) is 2.43. The highest BCUT2D eigenvalue weighted by molar-refractivity contribution is 4.83. The average Bonchev–Trinajstić information content (AvgIpc) is 2.95. The molecule has 1 heteroatoms. The third-order valence-corrected chi connectivity index (χ3v) is 3.73. The number of hydrogen-bond donors (Lipinski definition) is 1. The summed E-state index contributed by atoms with van der Waals surface area (Å²) in [7, 11) is 0. The lowest BCUT2D eigenvalue weighted by Crippen LogP contribution is -2.32. The lowest BCUT2D eigenvalue weighted by atomic mass is 9.80. The molecule has 1 nitrogen and oxygen atoms in total. The maximum Gasteiger partial charge on any atom is 0.00683 e. The van der Waals surface area contributed by atoms with Crippen molar-refractivity contribution in [2.24, 2.45) is 17.8 Å². The van der Waals surface area contributed by atoms with E-state index in [0.29, 0.717) is 0 Å².